The summed E-state index contributed by atoms with van der Waals surface area (Å²) in [5, 5.41) is 5.45. The van der Waals surface area contributed by atoms with E-state index in [-0.39, 0.29) is 25.4 Å². The van der Waals surface area contributed by atoms with Gasteiger partial charge in [0.05, 0.1) is 12.1 Å². The smallest absolute Gasteiger partial charge is 0.407 e. The first-order chi connectivity index (χ1) is 14.1. The number of alkyl carbamates (subject to hydrolysis) is 2. The van der Waals surface area contributed by atoms with Crippen molar-refractivity contribution < 1.29 is 23.9 Å². The van der Waals surface area contributed by atoms with E-state index in [0.29, 0.717) is 12.8 Å². The van der Waals surface area contributed by atoms with E-state index in [1.807, 2.05) is 60.7 Å². The van der Waals surface area contributed by atoms with Gasteiger partial charge in [0.15, 0.2) is 0 Å². The third-order valence-corrected chi connectivity index (χ3v) is 4.70. The predicted octanol–water partition coefficient (Wildman–Crippen LogP) is 3.33. The van der Waals surface area contributed by atoms with Gasteiger partial charge in [-0.2, -0.15) is 0 Å². The minimum Gasteiger partial charge on any atom is -0.445 e. The molecular weight excluding hydrogens is 372 g/mol. The maximum atomic E-state index is 12.1. The summed E-state index contributed by atoms with van der Waals surface area (Å²) in [7, 11) is 0. The second-order valence-corrected chi connectivity index (χ2v) is 6.91. The summed E-state index contributed by atoms with van der Waals surface area (Å²) in [6, 6.07) is 17.7. The molecule has 2 aromatic carbocycles. The van der Waals surface area contributed by atoms with Crippen molar-refractivity contribution in [3.8, 4) is 0 Å². The van der Waals surface area contributed by atoms with E-state index in [0.717, 1.165) is 11.1 Å². The van der Waals surface area contributed by atoms with Crippen molar-refractivity contribution in [2.75, 3.05) is 0 Å². The van der Waals surface area contributed by atoms with Crippen molar-refractivity contribution >= 4 is 18.0 Å². The van der Waals surface area contributed by atoms with Gasteiger partial charge in [0, 0.05) is 12.8 Å². The Balaban J connectivity index is 1.49. The Hall–Kier alpha value is -3.35. The highest BCUT2D eigenvalue weighted by Crippen LogP contribution is 2.17. The van der Waals surface area contributed by atoms with Crippen LogP contribution in [0.5, 0.6) is 0 Å². The molecule has 0 heterocycles. The molecular formula is C22H24N2O5. The molecule has 1 aliphatic rings. The molecule has 7 heteroatoms. The molecule has 0 saturated heterocycles. The summed E-state index contributed by atoms with van der Waals surface area (Å²) < 4.78 is 10.5. The SMILES string of the molecule is O=C1CC[C@H](NC(=O)OCc2ccccc2)C(NC(=O)OCc2ccccc2)C1. The Morgan fingerprint density at radius 3 is 1.79 bits per heavy atom. The summed E-state index contributed by atoms with van der Waals surface area (Å²) in [4.78, 5) is 36.1. The molecule has 1 fully saturated rings. The zero-order valence-electron chi connectivity index (χ0n) is 16.0. The van der Waals surface area contributed by atoms with E-state index in [1.165, 1.54) is 0 Å². The number of Topliss-reactive ketones (excluding diaryl/α,β-unsaturated/α-hetero) is 1. The van der Waals surface area contributed by atoms with Crippen LogP contribution in [-0.2, 0) is 27.5 Å². The number of nitrogens with one attached hydrogen (secondary N) is 2. The van der Waals surface area contributed by atoms with Crippen molar-refractivity contribution in [1.29, 1.82) is 0 Å². The van der Waals surface area contributed by atoms with Gasteiger partial charge in [-0.1, -0.05) is 60.7 Å². The van der Waals surface area contributed by atoms with E-state index >= 15 is 0 Å². The molecule has 2 N–H and O–H groups in total. The van der Waals surface area contributed by atoms with Gasteiger partial charge in [0.2, 0.25) is 0 Å². The van der Waals surface area contributed by atoms with Gasteiger partial charge < -0.3 is 20.1 Å². The second-order valence-electron chi connectivity index (χ2n) is 6.91. The molecule has 2 aromatic rings. The highest BCUT2D eigenvalue weighted by atomic mass is 16.6. The van der Waals surface area contributed by atoms with Crippen molar-refractivity contribution in [2.24, 2.45) is 0 Å². The van der Waals surface area contributed by atoms with Crippen molar-refractivity contribution in [3.05, 3.63) is 71.8 Å². The highest BCUT2D eigenvalue weighted by molar-refractivity contribution is 5.81. The number of hydrogen-bond donors (Lipinski definition) is 2. The average molecular weight is 396 g/mol. The number of benzene rings is 2. The lowest BCUT2D eigenvalue weighted by atomic mass is 9.89. The van der Waals surface area contributed by atoms with Gasteiger partial charge in [-0.15, -0.1) is 0 Å². The largest absolute Gasteiger partial charge is 0.445 e. The standard InChI is InChI=1S/C22H24N2O5/c25-18-11-12-19(23-21(26)28-14-16-7-3-1-4-8-16)20(13-18)24-22(27)29-15-17-9-5-2-6-10-17/h1-10,19-20H,11-15H2,(H,23,26)(H,24,27)/t19-,20?/m0/s1. The first-order valence-corrected chi connectivity index (χ1v) is 9.56. The fraction of sp³-hybridized carbons (Fsp3) is 0.318. The molecule has 1 unspecified atom stereocenters. The molecule has 29 heavy (non-hydrogen) atoms. The molecule has 7 nitrogen and oxygen atoms in total. The molecule has 0 spiro atoms. The summed E-state index contributed by atoms with van der Waals surface area (Å²) in [6.07, 6.45) is -0.288. The zero-order chi connectivity index (χ0) is 20.5. The van der Waals surface area contributed by atoms with Crippen LogP contribution in [0.15, 0.2) is 60.7 Å². The van der Waals surface area contributed by atoms with Crippen LogP contribution < -0.4 is 10.6 Å². The van der Waals surface area contributed by atoms with E-state index < -0.39 is 24.3 Å². The van der Waals surface area contributed by atoms with Gasteiger partial charge in [-0.05, 0) is 17.5 Å². The Labute approximate surface area is 169 Å². The van der Waals surface area contributed by atoms with Crippen LogP contribution >= 0.6 is 0 Å². The minimum atomic E-state index is -0.627. The second kappa shape index (κ2) is 10.3. The Kier molecular flexibility index (Phi) is 7.22. The molecule has 1 aliphatic carbocycles. The number of hydrogen-bond acceptors (Lipinski definition) is 5. The topological polar surface area (TPSA) is 93.7 Å². The predicted molar refractivity (Wildman–Crippen MR) is 106 cm³/mol. The van der Waals surface area contributed by atoms with Gasteiger partial charge in [-0.25, -0.2) is 9.59 Å². The van der Waals surface area contributed by atoms with Gasteiger partial charge in [0.25, 0.3) is 0 Å². The normalized spacial score (nSPS) is 18.6. The number of amides is 2. The number of rotatable bonds is 6. The lowest BCUT2D eigenvalue weighted by molar-refractivity contribution is -0.121. The van der Waals surface area contributed by atoms with Crippen LogP contribution in [0.3, 0.4) is 0 Å². The number of carbonyl (C=O) groups is 3. The summed E-state index contributed by atoms with van der Waals surface area (Å²) in [6.45, 7) is 0.278. The molecule has 0 aliphatic heterocycles. The van der Waals surface area contributed by atoms with E-state index in [4.69, 9.17) is 9.47 Å². The molecule has 0 radical (unpaired) electrons. The molecule has 152 valence electrons. The highest BCUT2D eigenvalue weighted by Gasteiger charge is 2.32. The maximum Gasteiger partial charge on any atom is 0.407 e. The third-order valence-electron chi connectivity index (χ3n) is 4.70. The van der Waals surface area contributed by atoms with Crippen LogP contribution in [0.4, 0.5) is 9.59 Å². The summed E-state index contributed by atoms with van der Waals surface area (Å²) in [5.41, 5.74) is 1.74. The average Bonchev–Trinajstić information content (AvgIpc) is 2.74. The fourth-order valence-electron chi connectivity index (χ4n) is 3.16. The molecule has 0 bridgehead atoms. The number of carbonyl (C=O) groups excluding carboxylic acids is 3. The van der Waals surface area contributed by atoms with Crippen LogP contribution in [-0.4, -0.2) is 30.1 Å². The zero-order valence-corrected chi connectivity index (χ0v) is 16.0. The van der Waals surface area contributed by atoms with Crippen LogP contribution in [0, 0.1) is 0 Å². The monoisotopic (exact) mass is 396 g/mol. The van der Waals surface area contributed by atoms with Crippen LogP contribution in [0.2, 0.25) is 0 Å². The molecule has 2 atom stereocenters. The molecule has 0 aromatic heterocycles. The molecule has 2 amide bonds. The van der Waals surface area contributed by atoms with Gasteiger partial charge in [-0.3, -0.25) is 4.79 Å². The number of ketones is 1. The Bertz CT molecular complexity index is 826. The third kappa shape index (κ3) is 6.64. The van der Waals surface area contributed by atoms with Crippen molar-refractivity contribution in [2.45, 2.75) is 44.6 Å². The summed E-state index contributed by atoms with van der Waals surface area (Å²) >= 11 is 0. The van der Waals surface area contributed by atoms with Crippen LogP contribution in [0.25, 0.3) is 0 Å². The first-order valence-electron chi connectivity index (χ1n) is 9.56. The molecule has 1 saturated carbocycles. The first kappa shape index (κ1) is 20.4. The van der Waals surface area contributed by atoms with Crippen molar-refractivity contribution in [1.82, 2.24) is 10.6 Å². The van der Waals surface area contributed by atoms with Gasteiger partial charge >= 0.3 is 12.2 Å². The van der Waals surface area contributed by atoms with Crippen molar-refractivity contribution in [3.63, 3.8) is 0 Å². The summed E-state index contributed by atoms with van der Waals surface area (Å²) in [5.74, 6) is 0.0362. The van der Waals surface area contributed by atoms with Crippen LogP contribution in [0.1, 0.15) is 30.4 Å². The van der Waals surface area contributed by atoms with E-state index in [1.54, 1.807) is 0 Å². The quantitative estimate of drug-likeness (QED) is 0.781. The van der Waals surface area contributed by atoms with E-state index in [9.17, 15) is 14.4 Å². The molecule has 3 rings (SSSR count). The van der Waals surface area contributed by atoms with Gasteiger partial charge in [0.1, 0.15) is 19.0 Å². The number of ether oxygens (including phenoxy) is 2. The maximum absolute atomic E-state index is 12.1. The van der Waals surface area contributed by atoms with E-state index in [2.05, 4.69) is 10.6 Å². The minimum absolute atomic E-state index is 0.0362. The fourth-order valence-corrected chi connectivity index (χ4v) is 3.16. The Morgan fingerprint density at radius 2 is 1.28 bits per heavy atom. The lowest BCUT2D eigenvalue weighted by Gasteiger charge is -2.31. The lowest BCUT2D eigenvalue weighted by Crippen LogP contribution is -2.54. The Morgan fingerprint density at radius 1 is 0.793 bits per heavy atom.